The molecule has 22 heavy (non-hydrogen) atoms. The van der Waals surface area contributed by atoms with E-state index in [1.165, 1.54) is 0 Å². The van der Waals surface area contributed by atoms with Crippen molar-refractivity contribution in [2.24, 2.45) is 5.73 Å². The molecular weight excluding hydrogens is 350 g/mol. The van der Waals surface area contributed by atoms with Gasteiger partial charge in [-0.1, -0.05) is 6.92 Å². The monoisotopic (exact) mass is 373 g/mol. The maximum absolute atomic E-state index is 11.4. The fourth-order valence-corrected chi connectivity index (χ4v) is 1.72. The van der Waals surface area contributed by atoms with E-state index in [1.54, 1.807) is 0 Å². The lowest BCUT2D eigenvalue weighted by Gasteiger charge is -2.06. The lowest BCUT2D eigenvalue weighted by Crippen LogP contribution is -3.00. The lowest BCUT2D eigenvalue weighted by atomic mass is 10.3. The van der Waals surface area contributed by atoms with Crippen LogP contribution < -0.4 is 32.0 Å². The van der Waals surface area contributed by atoms with Gasteiger partial charge < -0.3 is 32.2 Å². The van der Waals surface area contributed by atoms with Gasteiger partial charge in [-0.3, -0.25) is 10.2 Å². The number of nitrogens with one attached hydrogen (secondary N) is 1. The molecule has 6 nitrogen and oxygen atoms in total. The zero-order valence-corrected chi connectivity index (χ0v) is 14.5. The standard InChI is InChI=1S/C15H24N3O3.BrH/c1-2-8-18-9-5-13(6-10-18)20-12-7-15(19)21-11-3-4-14(16)17;/h5-6,9-10H,2-4,7-8,11-12H2,1H3,(H3,16,17);1H/q+1;/p-1. The van der Waals surface area contributed by atoms with Gasteiger partial charge in [0.05, 0.1) is 25.5 Å². The molecule has 0 aliphatic rings. The molecule has 0 fully saturated rings. The summed E-state index contributed by atoms with van der Waals surface area (Å²) in [6.45, 7) is 3.69. The zero-order chi connectivity index (χ0) is 15.5. The third kappa shape index (κ3) is 9.33. The molecule has 1 aromatic heterocycles. The van der Waals surface area contributed by atoms with E-state index in [4.69, 9.17) is 20.6 Å². The molecule has 7 heteroatoms. The Morgan fingerprint density at radius 1 is 1.27 bits per heavy atom. The number of amidine groups is 1. The summed E-state index contributed by atoms with van der Waals surface area (Å²) < 4.78 is 12.6. The van der Waals surface area contributed by atoms with Crippen LogP contribution in [0.3, 0.4) is 0 Å². The first-order valence-corrected chi connectivity index (χ1v) is 7.22. The fourth-order valence-electron chi connectivity index (χ4n) is 1.72. The predicted molar refractivity (Wildman–Crippen MR) is 79.1 cm³/mol. The van der Waals surface area contributed by atoms with Crippen molar-refractivity contribution in [2.45, 2.75) is 39.2 Å². The number of ether oxygens (including phenoxy) is 2. The summed E-state index contributed by atoms with van der Waals surface area (Å²) in [7, 11) is 0. The highest BCUT2D eigenvalue weighted by atomic mass is 79.9. The van der Waals surface area contributed by atoms with Crippen molar-refractivity contribution in [3.63, 3.8) is 0 Å². The molecule has 0 aromatic carbocycles. The maximum Gasteiger partial charge on any atom is 0.309 e. The number of carbonyl (C=O) groups is 1. The van der Waals surface area contributed by atoms with Crippen molar-refractivity contribution < 1.29 is 35.8 Å². The molecule has 0 aliphatic carbocycles. The fraction of sp³-hybridized carbons (Fsp3) is 0.533. The Balaban J connectivity index is 0.00000441. The highest BCUT2D eigenvalue weighted by Crippen LogP contribution is 2.06. The summed E-state index contributed by atoms with van der Waals surface area (Å²) >= 11 is 0. The SMILES string of the molecule is CCC[n+]1ccc(OCCC(=O)OCCCC(=N)N)cc1.[Br-]. The van der Waals surface area contributed by atoms with Gasteiger partial charge in [0.25, 0.3) is 0 Å². The van der Waals surface area contributed by atoms with Gasteiger partial charge in [-0.15, -0.1) is 0 Å². The summed E-state index contributed by atoms with van der Waals surface area (Å²) in [4.78, 5) is 11.4. The number of esters is 1. The molecule has 0 radical (unpaired) electrons. The molecule has 124 valence electrons. The Bertz CT molecular complexity index is 452. The van der Waals surface area contributed by atoms with Crippen molar-refractivity contribution in [2.75, 3.05) is 13.2 Å². The van der Waals surface area contributed by atoms with E-state index in [2.05, 4.69) is 11.5 Å². The average Bonchev–Trinajstić information content (AvgIpc) is 2.46. The molecule has 0 saturated heterocycles. The molecule has 1 rings (SSSR count). The Morgan fingerprint density at radius 3 is 2.55 bits per heavy atom. The van der Waals surface area contributed by atoms with Gasteiger partial charge >= 0.3 is 5.97 Å². The number of nitrogens with zero attached hydrogens (tertiary/aromatic N) is 1. The normalized spacial score (nSPS) is 9.68. The largest absolute Gasteiger partial charge is 1.00 e. The summed E-state index contributed by atoms with van der Waals surface area (Å²) in [6.07, 6.45) is 6.24. The summed E-state index contributed by atoms with van der Waals surface area (Å²) in [6, 6.07) is 3.77. The van der Waals surface area contributed by atoms with Crippen LogP contribution in [0.5, 0.6) is 5.75 Å². The Hall–Kier alpha value is -1.63. The van der Waals surface area contributed by atoms with Crippen LogP contribution in [-0.2, 0) is 16.1 Å². The van der Waals surface area contributed by atoms with Crippen LogP contribution in [0.2, 0.25) is 0 Å². The van der Waals surface area contributed by atoms with Crippen LogP contribution in [0.1, 0.15) is 32.6 Å². The summed E-state index contributed by atoms with van der Waals surface area (Å²) in [5.41, 5.74) is 5.20. The third-order valence-electron chi connectivity index (χ3n) is 2.77. The van der Waals surface area contributed by atoms with E-state index < -0.39 is 0 Å². The van der Waals surface area contributed by atoms with Gasteiger partial charge in [0.2, 0.25) is 0 Å². The number of carbonyl (C=O) groups excluding carboxylic acids is 1. The first-order chi connectivity index (χ1) is 10.1. The number of rotatable bonds is 10. The smallest absolute Gasteiger partial charge is 0.309 e. The first-order valence-electron chi connectivity index (χ1n) is 7.22. The van der Waals surface area contributed by atoms with Crippen LogP contribution in [0.25, 0.3) is 0 Å². The van der Waals surface area contributed by atoms with Crippen LogP contribution >= 0.6 is 0 Å². The second-order valence-corrected chi connectivity index (χ2v) is 4.72. The molecule has 0 bridgehead atoms. The molecule has 0 saturated carbocycles. The molecule has 0 aliphatic heterocycles. The van der Waals surface area contributed by atoms with E-state index in [-0.39, 0.29) is 35.2 Å². The quantitative estimate of drug-likeness (QED) is 0.170. The molecule has 3 N–H and O–H groups in total. The molecule has 0 unspecified atom stereocenters. The van der Waals surface area contributed by atoms with Crippen LogP contribution in [0.4, 0.5) is 0 Å². The van der Waals surface area contributed by atoms with Crippen LogP contribution in [-0.4, -0.2) is 25.0 Å². The number of pyridine rings is 1. The van der Waals surface area contributed by atoms with Gasteiger partial charge in [0, 0.05) is 25.0 Å². The van der Waals surface area contributed by atoms with Gasteiger partial charge in [-0.05, 0) is 6.42 Å². The number of halogens is 1. The van der Waals surface area contributed by atoms with Gasteiger partial charge in [0.1, 0.15) is 12.3 Å². The third-order valence-corrected chi connectivity index (χ3v) is 2.77. The summed E-state index contributed by atoms with van der Waals surface area (Å²) in [5.74, 6) is 0.557. The van der Waals surface area contributed by atoms with Crippen molar-refractivity contribution >= 4 is 11.8 Å². The Labute approximate surface area is 141 Å². The number of nitrogens with two attached hydrogens (primary N) is 1. The minimum absolute atomic E-state index is 0. The topological polar surface area (TPSA) is 89.3 Å². The van der Waals surface area contributed by atoms with E-state index in [1.807, 2.05) is 24.5 Å². The Morgan fingerprint density at radius 2 is 1.95 bits per heavy atom. The molecule has 1 heterocycles. The minimum atomic E-state index is -0.296. The highest BCUT2D eigenvalue weighted by molar-refractivity contribution is 5.76. The van der Waals surface area contributed by atoms with Gasteiger partial charge in [0.15, 0.2) is 12.4 Å². The molecular formula is C15H24BrN3O3. The van der Waals surface area contributed by atoms with Crippen molar-refractivity contribution in [3.05, 3.63) is 24.5 Å². The highest BCUT2D eigenvalue weighted by Gasteiger charge is 2.05. The van der Waals surface area contributed by atoms with E-state index in [0.29, 0.717) is 26.1 Å². The molecule has 0 atom stereocenters. The Kier molecular flexibility index (Phi) is 11.1. The van der Waals surface area contributed by atoms with Crippen LogP contribution in [0.15, 0.2) is 24.5 Å². The van der Waals surface area contributed by atoms with E-state index in [9.17, 15) is 4.79 Å². The van der Waals surface area contributed by atoms with Crippen molar-refractivity contribution in [3.8, 4) is 5.75 Å². The van der Waals surface area contributed by atoms with Crippen LogP contribution in [0, 0.1) is 5.41 Å². The number of aryl methyl sites for hydroxylation is 1. The number of hydrogen-bond acceptors (Lipinski definition) is 4. The molecule has 0 amide bonds. The van der Waals surface area contributed by atoms with E-state index >= 15 is 0 Å². The second kappa shape index (κ2) is 12.0. The zero-order valence-electron chi connectivity index (χ0n) is 12.9. The molecule has 0 spiro atoms. The second-order valence-electron chi connectivity index (χ2n) is 4.72. The van der Waals surface area contributed by atoms with Gasteiger partial charge in [-0.2, -0.15) is 0 Å². The average molecular weight is 374 g/mol. The number of hydrogen-bond donors (Lipinski definition) is 2. The maximum atomic E-state index is 11.4. The minimum Gasteiger partial charge on any atom is -1.00 e. The predicted octanol–water partition coefficient (Wildman–Crippen LogP) is -1.58. The van der Waals surface area contributed by atoms with E-state index in [0.717, 1.165) is 18.7 Å². The molecule has 1 aromatic rings. The first kappa shape index (κ1) is 20.4. The summed E-state index contributed by atoms with van der Waals surface area (Å²) in [5, 5.41) is 7.04. The van der Waals surface area contributed by atoms with Crippen molar-refractivity contribution in [1.29, 1.82) is 5.41 Å². The van der Waals surface area contributed by atoms with Gasteiger partial charge in [-0.25, -0.2) is 4.57 Å². The lowest BCUT2D eigenvalue weighted by molar-refractivity contribution is -0.697. The van der Waals surface area contributed by atoms with Crippen molar-refractivity contribution in [1.82, 2.24) is 0 Å². The number of aromatic nitrogens is 1.